The van der Waals surface area contributed by atoms with Crippen molar-refractivity contribution in [2.45, 2.75) is 75.4 Å². The summed E-state index contributed by atoms with van der Waals surface area (Å²) in [6.45, 7) is 3.01. The van der Waals surface area contributed by atoms with Gasteiger partial charge in [0, 0.05) is 12.0 Å². The molecule has 3 N–H and O–H groups in total. The van der Waals surface area contributed by atoms with Gasteiger partial charge in [-0.2, -0.15) is 31.8 Å². The van der Waals surface area contributed by atoms with Gasteiger partial charge in [-0.3, -0.25) is 0 Å². The molecule has 0 saturated carbocycles. The van der Waals surface area contributed by atoms with E-state index in [1.807, 2.05) is 43.3 Å². The predicted molar refractivity (Wildman–Crippen MR) is 165 cm³/mol. The summed E-state index contributed by atoms with van der Waals surface area (Å²) in [5.41, 5.74) is 0.952. The van der Waals surface area contributed by atoms with Crippen LogP contribution in [-0.4, -0.2) is 31.3 Å². The van der Waals surface area contributed by atoms with Crippen LogP contribution in [0.3, 0.4) is 0 Å². The van der Waals surface area contributed by atoms with E-state index in [0.29, 0.717) is 48.8 Å². The van der Waals surface area contributed by atoms with Crippen molar-refractivity contribution in [1.29, 1.82) is 0 Å². The van der Waals surface area contributed by atoms with Crippen molar-refractivity contribution in [3.05, 3.63) is 105 Å². The van der Waals surface area contributed by atoms with Crippen LogP contribution in [0.1, 0.15) is 72.8 Å². The monoisotopic (exact) mass is 678 g/mol. The van der Waals surface area contributed by atoms with Crippen molar-refractivity contribution in [1.82, 2.24) is 10.8 Å². The van der Waals surface area contributed by atoms with Gasteiger partial charge in [0.15, 0.2) is 0 Å². The van der Waals surface area contributed by atoms with Crippen molar-refractivity contribution < 1.29 is 36.3 Å². The second kappa shape index (κ2) is 16.5. The average Bonchev–Trinajstić information content (AvgIpc) is 2.99. The molecule has 0 amide bonds. The van der Waals surface area contributed by atoms with Crippen LogP contribution in [0.5, 0.6) is 0 Å². The van der Waals surface area contributed by atoms with Crippen LogP contribution in [0.2, 0.25) is 10.0 Å². The van der Waals surface area contributed by atoms with Gasteiger partial charge in [0.05, 0.1) is 33.9 Å². The van der Waals surface area contributed by atoms with E-state index in [-0.39, 0.29) is 36.4 Å². The number of hydroxylamine groups is 1. The molecule has 3 atom stereocenters. The number of aryl methyl sites for hydroxylation is 1. The summed E-state index contributed by atoms with van der Waals surface area (Å²) in [5, 5.41) is 15.3. The largest absolute Gasteiger partial charge is 0.416 e. The highest BCUT2D eigenvalue weighted by Gasteiger charge is 2.37. The van der Waals surface area contributed by atoms with E-state index >= 15 is 0 Å². The second-order valence-corrected chi connectivity index (χ2v) is 11.9. The minimum absolute atomic E-state index is 0.00365. The number of nitrogens with one attached hydrogen (secondary N) is 2. The first-order chi connectivity index (χ1) is 21.2. The first kappa shape index (κ1) is 37.1. The maximum absolute atomic E-state index is 13.4. The number of alkyl halides is 6. The third kappa shape index (κ3) is 10.9. The first-order valence-corrected chi connectivity index (χ1v) is 15.4. The zero-order valence-corrected chi connectivity index (χ0v) is 26.6. The molecule has 4 nitrogen and oxygen atoms in total. The summed E-state index contributed by atoms with van der Waals surface area (Å²) in [4.78, 5) is 5.27. The van der Waals surface area contributed by atoms with Crippen molar-refractivity contribution in [3.8, 4) is 0 Å². The molecule has 0 aliphatic rings. The van der Waals surface area contributed by atoms with Crippen LogP contribution in [0.4, 0.5) is 26.3 Å². The standard InChI is InChI=1S/C33H38Cl2F6N2O2/c1-3-31(44,24-9-5-4-6-10-24)15-17-42-16-14-27(23-12-13-28(34)29(35)20-23)30(43-45-2)11-7-8-22-18-25(32(36,37)38)21-26(19-22)33(39,40)41/h4-6,9-10,12-13,18-21,27,30,42-44H,3,7-8,11,14-17H2,1-2H3. The molecular formula is C33H38Cl2F6N2O2. The Bertz CT molecular complexity index is 1330. The van der Waals surface area contributed by atoms with Gasteiger partial charge in [-0.1, -0.05) is 66.5 Å². The van der Waals surface area contributed by atoms with Gasteiger partial charge in [-0.25, -0.2) is 0 Å². The summed E-state index contributed by atoms with van der Waals surface area (Å²) in [5.74, 6) is -0.210. The molecular weight excluding hydrogens is 641 g/mol. The number of benzene rings is 3. The quantitative estimate of drug-likeness (QED) is 0.0803. The molecule has 12 heteroatoms. The first-order valence-electron chi connectivity index (χ1n) is 14.7. The fraction of sp³-hybridized carbons (Fsp3) is 0.455. The zero-order chi connectivity index (χ0) is 33.3. The van der Waals surface area contributed by atoms with Crippen LogP contribution < -0.4 is 10.8 Å². The highest BCUT2D eigenvalue weighted by Crippen LogP contribution is 2.37. The van der Waals surface area contributed by atoms with Gasteiger partial charge < -0.3 is 15.3 Å². The predicted octanol–water partition coefficient (Wildman–Crippen LogP) is 9.32. The van der Waals surface area contributed by atoms with E-state index in [1.165, 1.54) is 7.11 Å². The van der Waals surface area contributed by atoms with Crippen molar-refractivity contribution >= 4 is 23.2 Å². The van der Waals surface area contributed by atoms with Gasteiger partial charge in [0.1, 0.15) is 0 Å². The Balaban J connectivity index is 1.73. The molecule has 3 aromatic carbocycles. The number of rotatable bonds is 16. The lowest BCUT2D eigenvalue weighted by atomic mass is 9.85. The molecule has 0 aliphatic heterocycles. The van der Waals surface area contributed by atoms with Crippen molar-refractivity contribution in [2.24, 2.45) is 0 Å². The molecule has 0 radical (unpaired) electrons. The Morgan fingerprint density at radius 2 is 1.44 bits per heavy atom. The highest BCUT2D eigenvalue weighted by atomic mass is 35.5. The number of hydrogen-bond acceptors (Lipinski definition) is 4. The molecule has 248 valence electrons. The Morgan fingerprint density at radius 1 is 0.800 bits per heavy atom. The summed E-state index contributed by atoms with van der Waals surface area (Å²) in [6, 6.07) is 16.0. The maximum atomic E-state index is 13.4. The molecule has 0 fully saturated rings. The van der Waals surface area contributed by atoms with Gasteiger partial charge in [0.2, 0.25) is 0 Å². The number of halogens is 8. The van der Waals surface area contributed by atoms with E-state index in [0.717, 1.165) is 23.3 Å². The van der Waals surface area contributed by atoms with Crippen LogP contribution in [0.15, 0.2) is 66.7 Å². The van der Waals surface area contributed by atoms with Gasteiger partial charge >= 0.3 is 12.4 Å². The van der Waals surface area contributed by atoms with Crippen LogP contribution in [-0.2, 0) is 29.2 Å². The van der Waals surface area contributed by atoms with E-state index in [2.05, 4.69) is 10.8 Å². The van der Waals surface area contributed by atoms with E-state index in [1.54, 1.807) is 12.1 Å². The van der Waals surface area contributed by atoms with Crippen molar-refractivity contribution in [2.75, 3.05) is 20.2 Å². The lowest BCUT2D eigenvalue weighted by molar-refractivity contribution is -0.143. The molecule has 0 aromatic heterocycles. The summed E-state index contributed by atoms with van der Waals surface area (Å²) in [6.07, 6.45) is -7.55. The molecule has 0 saturated heterocycles. The Hall–Kier alpha value is -2.34. The molecule has 0 bridgehead atoms. The third-order valence-corrected chi connectivity index (χ3v) is 8.74. The Labute approximate surface area is 270 Å². The maximum Gasteiger partial charge on any atom is 0.416 e. The minimum Gasteiger partial charge on any atom is -0.385 e. The van der Waals surface area contributed by atoms with Crippen LogP contribution >= 0.6 is 23.2 Å². The zero-order valence-electron chi connectivity index (χ0n) is 25.0. The minimum atomic E-state index is -4.91. The molecule has 0 spiro atoms. The SMILES string of the molecule is CCC(O)(CCNCCC(c1ccc(Cl)c(Cl)c1)C(CCCc1cc(C(F)(F)F)cc(C(F)(F)F)c1)NOC)c1ccccc1. The normalized spacial score (nSPS) is 15.1. The van der Waals surface area contributed by atoms with Crippen LogP contribution in [0, 0.1) is 0 Å². The number of aliphatic hydroxyl groups is 1. The summed E-state index contributed by atoms with van der Waals surface area (Å²) in [7, 11) is 1.44. The molecule has 3 aromatic rings. The number of hydrogen-bond donors (Lipinski definition) is 3. The fourth-order valence-electron chi connectivity index (χ4n) is 5.48. The average molecular weight is 680 g/mol. The summed E-state index contributed by atoms with van der Waals surface area (Å²) >= 11 is 12.5. The lowest BCUT2D eigenvalue weighted by Gasteiger charge is -2.29. The third-order valence-electron chi connectivity index (χ3n) is 8.00. The van der Waals surface area contributed by atoms with E-state index in [4.69, 9.17) is 28.0 Å². The smallest absolute Gasteiger partial charge is 0.385 e. The molecule has 0 heterocycles. The summed E-state index contributed by atoms with van der Waals surface area (Å²) < 4.78 is 80.1. The molecule has 3 rings (SSSR count). The second-order valence-electron chi connectivity index (χ2n) is 11.1. The van der Waals surface area contributed by atoms with Gasteiger partial charge in [-0.15, -0.1) is 0 Å². The van der Waals surface area contributed by atoms with Gasteiger partial charge in [0.25, 0.3) is 0 Å². The Kier molecular flexibility index (Phi) is 13.6. The lowest BCUT2D eigenvalue weighted by Crippen LogP contribution is -2.36. The van der Waals surface area contributed by atoms with Gasteiger partial charge in [-0.05, 0) is 98.6 Å². The highest BCUT2D eigenvalue weighted by molar-refractivity contribution is 6.42. The van der Waals surface area contributed by atoms with E-state index in [9.17, 15) is 31.4 Å². The topological polar surface area (TPSA) is 53.5 Å². The molecule has 45 heavy (non-hydrogen) atoms. The fourth-order valence-corrected chi connectivity index (χ4v) is 5.78. The molecule has 3 unspecified atom stereocenters. The molecule has 0 aliphatic carbocycles. The van der Waals surface area contributed by atoms with Crippen molar-refractivity contribution in [3.63, 3.8) is 0 Å². The Morgan fingerprint density at radius 3 is 2.00 bits per heavy atom. The van der Waals surface area contributed by atoms with E-state index < -0.39 is 29.1 Å². The van der Waals surface area contributed by atoms with Crippen LogP contribution in [0.25, 0.3) is 0 Å².